The maximum atomic E-state index is 14.6. The minimum atomic E-state index is -2.55. The van der Waals surface area contributed by atoms with Crippen LogP contribution < -0.4 is 0 Å². The highest BCUT2D eigenvalue weighted by Gasteiger charge is 2.76. The first-order chi connectivity index (χ1) is 14.4. The lowest BCUT2D eigenvalue weighted by atomic mass is 9.64. The second kappa shape index (κ2) is 5.40. The van der Waals surface area contributed by atoms with Gasteiger partial charge in [-0.15, -0.1) is 0 Å². The fourth-order valence-corrected chi connectivity index (χ4v) is 16.7. The lowest BCUT2D eigenvalue weighted by Crippen LogP contribution is -2.41. The highest BCUT2D eigenvalue weighted by atomic mass is 31.2. The van der Waals surface area contributed by atoms with E-state index >= 15 is 0 Å². The number of hydrogen-bond donors (Lipinski definition) is 0. The molecule has 0 aromatic heterocycles. The van der Waals surface area contributed by atoms with E-state index in [1.807, 2.05) is 13.3 Å². The summed E-state index contributed by atoms with van der Waals surface area (Å²) in [6.07, 6.45) is 6.12. The first-order valence-electron chi connectivity index (χ1n) is 11.2. The van der Waals surface area contributed by atoms with Crippen molar-refractivity contribution in [3.05, 3.63) is 82.2 Å². The number of aryl methyl sites for hydroxylation is 2. The zero-order valence-electron chi connectivity index (χ0n) is 17.5. The molecule has 3 aliphatic heterocycles. The molecule has 0 radical (unpaired) electrons. The molecule has 152 valence electrons. The number of hydrogen-bond acceptors (Lipinski definition) is 2. The van der Waals surface area contributed by atoms with E-state index in [0.717, 1.165) is 25.7 Å². The SMILES string of the molecule is CP1(=O)C2=C(c3ccccc3CC2)[C@@H]2[C@H]1[C@@H]1C=C3c4ccccc4CC[C@@]32P1(C)=O. The molecule has 2 aromatic carbocycles. The number of benzene rings is 2. The Kier molecular flexibility index (Phi) is 3.24. The minimum absolute atomic E-state index is 0.0303. The summed E-state index contributed by atoms with van der Waals surface area (Å²) in [5.41, 5.74) is 8.03. The maximum Gasteiger partial charge on any atom is 0.113 e. The number of allylic oxidation sites excluding steroid dienone is 4. The molecule has 7 rings (SSSR count). The quantitative estimate of drug-likeness (QED) is 0.446. The minimum Gasteiger partial charge on any atom is -0.322 e. The van der Waals surface area contributed by atoms with Gasteiger partial charge in [0.05, 0.1) is 5.16 Å². The second-order valence-corrected chi connectivity index (χ2v) is 16.6. The highest BCUT2D eigenvalue weighted by Crippen LogP contribution is 2.90. The fourth-order valence-electron chi connectivity index (χ4n) is 7.96. The summed E-state index contributed by atoms with van der Waals surface area (Å²) in [5.74, 6) is 0.152. The van der Waals surface area contributed by atoms with E-state index in [4.69, 9.17) is 0 Å². The molecule has 2 aliphatic carbocycles. The van der Waals surface area contributed by atoms with Crippen LogP contribution in [0.2, 0.25) is 0 Å². The van der Waals surface area contributed by atoms with Gasteiger partial charge in [-0.2, -0.15) is 0 Å². The molecule has 1 saturated heterocycles. The molecule has 2 aromatic rings. The standard InChI is InChI=1S/C26H26O2P2/c1-29(27)21-12-11-16-7-4-6-10-19(16)23(21)24-25(29)22-15-20-18-9-5-3-8-17(18)13-14-26(20,24)30(22,2)28/h3-10,15,22,24-25H,11-14H2,1-2H3/t22-,24+,25+,26+,29?,30?/m0/s1. The molecule has 3 heterocycles. The molecule has 1 fully saturated rings. The Bertz CT molecular complexity index is 1320. The van der Waals surface area contributed by atoms with Crippen LogP contribution in [0.15, 0.2) is 59.9 Å². The molecule has 2 bridgehead atoms. The molecule has 4 heteroatoms. The normalized spacial score (nSPS) is 42.2. The van der Waals surface area contributed by atoms with E-state index < -0.39 is 14.3 Å². The van der Waals surface area contributed by atoms with Gasteiger partial charge >= 0.3 is 0 Å². The van der Waals surface area contributed by atoms with Crippen LogP contribution in [0.5, 0.6) is 0 Å². The summed E-state index contributed by atoms with van der Waals surface area (Å²) >= 11 is 0. The maximum absolute atomic E-state index is 14.6. The van der Waals surface area contributed by atoms with Gasteiger partial charge in [-0.05, 0) is 77.7 Å². The number of fused-ring (bicyclic) bond motifs is 8. The van der Waals surface area contributed by atoms with Gasteiger partial charge in [-0.1, -0.05) is 54.6 Å². The summed E-state index contributed by atoms with van der Waals surface area (Å²) in [5, 5.41) is 0.901. The first kappa shape index (κ1) is 18.0. The van der Waals surface area contributed by atoms with Gasteiger partial charge in [0.15, 0.2) is 0 Å². The van der Waals surface area contributed by atoms with Gasteiger partial charge in [-0.25, -0.2) is 0 Å². The molecule has 0 N–H and O–H groups in total. The van der Waals surface area contributed by atoms with Gasteiger partial charge in [0, 0.05) is 17.2 Å². The molecular formula is C26H26O2P2. The van der Waals surface area contributed by atoms with Crippen molar-refractivity contribution in [1.82, 2.24) is 0 Å². The molecule has 0 amide bonds. The van der Waals surface area contributed by atoms with Crippen LogP contribution in [-0.4, -0.2) is 29.8 Å². The zero-order valence-corrected chi connectivity index (χ0v) is 19.3. The van der Waals surface area contributed by atoms with E-state index in [1.165, 1.54) is 38.7 Å². The molecule has 2 unspecified atom stereocenters. The topological polar surface area (TPSA) is 34.1 Å². The zero-order chi connectivity index (χ0) is 20.5. The largest absolute Gasteiger partial charge is 0.322 e. The van der Waals surface area contributed by atoms with E-state index in [-0.39, 0.29) is 22.4 Å². The average molecular weight is 432 g/mol. The van der Waals surface area contributed by atoms with Crippen molar-refractivity contribution in [3.63, 3.8) is 0 Å². The summed E-state index contributed by atoms with van der Waals surface area (Å²) in [6, 6.07) is 17.4. The third-order valence-electron chi connectivity index (χ3n) is 9.12. The molecule has 5 aliphatic rings. The molecule has 0 saturated carbocycles. The lowest BCUT2D eigenvalue weighted by Gasteiger charge is -2.44. The first-order valence-corrected chi connectivity index (χ1v) is 15.6. The van der Waals surface area contributed by atoms with Gasteiger partial charge in [0.1, 0.15) is 14.3 Å². The third kappa shape index (κ3) is 1.76. The monoisotopic (exact) mass is 432 g/mol. The molecular weight excluding hydrogens is 406 g/mol. The third-order valence-corrected chi connectivity index (χ3v) is 16.6. The van der Waals surface area contributed by atoms with Crippen LogP contribution in [0.25, 0.3) is 11.1 Å². The Morgan fingerprint density at radius 1 is 0.867 bits per heavy atom. The molecule has 30 heavy (non-hydrogen) atoms. The van der Waals surface area contributed by atoms with Crippen LogP contribution >= 0.6 is 14.3 Å². The van der Waals surface area contributed by atoms with Crippen LogP contribution in [0.3, 0.4) is 0 Å². The summed E-state index contributed by atoms with van der Waals surface area (Å²) in [4.78, 5) is 0. The van der Waals surface area contributed by atoms with Crippen molar-refractivity contribution in [2.75, 3.05) is 13.3 Å². The van der Waals surface area contributed by atoms with Crippen molar-refractivity contribution in [3.8, 4) is 0 Å². The van der Waals surface area contributed by atoms with Gasteiger partial charge in [0.2, 0.25) is 0 Å². The van der Waals surface area contributed by atoms with E-state index in [0.29, 0.717) is 0 Å². The molecule has 2 nitrogen and oxygen atoms in total. The van der Waals surface area contributed by atoms with Gasteiger partial charge < -0.3 is 9.13 Å². The molecule has 6 atom stereocenters. The van der Waals surface area contributed by atoms with E-state index in [1.54, 1.807) is 0 Å². The highest BCUT2D eigenvalue weighted by molar-refractivity contribution is 7.73. The Balaban J connectivity index is 1.55. The van der Waals surface area contributed by atoms with Crippen LogP contribution in [0, 0.1) is 5.92 Å². The summed E-state index contributed by atoms with van der Waals surface area (Å²) < 4.78 is 29.0. The Hall–Kier alpha value is -1.62. The van der Waals surface area contributed by atoms with Crippen molar-refractivity contribution in [1.29, 1.82) is 0 Å². The average Bonchev–Trinajstić information content (AvgIpc) is 3.22. The van der Waals surface area contributed by atoms with Crippen LogP contribution in [-0.2, 0) is 22.0 Å². The molecule has 1 spiro atoms. The lowest BCUT2D eigenvalue weighted by molar-refractivity contribution is 0.479. The Labute approximate surface area is 178 Å². The van der Waals surface area contributed by atoms with E-state index in [9.17, 15) is 9.13 Å². The summed E-state index contributed by atoms with van der Waals surface area (Å²) in [7, 11) is -5.10. The van der Waals surface area contributed by atoms with Crippen molar-refractivity contribution < 1.29 is 9.13 Å². The Morgan fingerprint density at radius 2 is 1.53 bits per heavy atom. The summed E-state index contributed by atoms with van der Waals surface area (Å²) in [6.45, 7) is 4.06. The van der Waals surface area contributed by atoms with Crippen molar-refractivity contribution in [2.24, 2.45) is 5.92 Å². The van der Waals surface area contributed by atoms with Gasteiger partial charge in [-0.3, -0.25) is 0 Å². The van der Waals surface area contributed by atoms with Crippen molar-refractivity contribution >= 4 is 25.4 Å². The fraction of sp³-hybridized carbons (Fsp3) is 0.385. The van der Waals surface area contributed by atoms with E-state index in [2.05, 4.69) is 54.6 Å². The predicted molar refractivity (Wildman–Crippen MR) is 125 cm³/mol. The smallest absolute Gasteiger partial charge is 0.113 e. The van der Waals surface area contributed by atoms with Gasteiger partial charge in [0.25, 0.3) is 0 Å². The Morgan fingerprint density at radius 3 is 2.30 bits per heavy atom. The van der Waals surface area contributed by atoms with Crippen molar-refractivity contribution in [2.45, 2.75) is 42.2 Å². The van der Waals surface area contributed by atoms with Crippen LogP contribution in [0.1, 0.15) is 35.1 Å². The predicted octanol–water partition coefficient (Wildman–Crippen LogP) is 6.49. The second-order valence-electron chi connectivity index (χ2n) is 10.1. The van der Waals surface area contributed by atoms with Crippen LogP contribution in [0.4, 0.5) is 0 Å². The number of rotatable bonds is 0.